The lowest BCUT2D eigenvalue weighted by Gasteiger charge is -2.19. The molecule has 0 aliphatic carbocycles. The van der Waals surface area contributed by atoms with E-state index >= 15 is 0 Å². The first-order chi connectivity index (χ1) is 31.0. The Kier molecular flexibility index (Phi) is 17.8. The zero-order chi connectivity index (χ0) is 45.7. The van der Waals surface area contributed by atoms with Gasteiger partial charge in [0.05, 0.1) is 57.0 Å². The van der Waals surface area contributed by atoms with Crippen LogP contribution in [0, 0.1) is 11.3 Å². The van der Waals surface area contributed by atoms with Crippen LogP contribution in [0.4, 0.5) is 11.6 Å². The Morgan fingerprint density at radius 3 is 2.23 bits per heavy atom. The van der Waals surface area contributed by atoms with E-state index in [0.717, 1.165) is 10.5 Å². The first-order valence-corrected chi connectivity index (χ1v) is 20.3. The minimum Gasteiger partial charge on any atom is -0.496 e. The SMILES string of the molecule is COc1cccc(OCCCNC(=O)CNC(=O)[C@H](Cc2ccccc2)NC(=O)CNC(=O)CNC(=O)CCCCCN2C(=O)C=CC2=O)c1-c1cc(Nc2cnc(C#N)cn2)n[nH]1. The minimum atomic E-state index is -1.07. The van der Waals surface area contributed by atoms with E-state index in [9.17, 15) is 33.6 Å². The van der Waals surface area contributed by atoms with Crippen molar-refractivity contribution in [3.63, 3.8) is 0 Å². The van der Waals surface area contributed by atoms with Crippen LogP contribution in [-0.2, 0) is 40.0 Å². The van der Waals surface area contributed by atoms with Crippen LogP contribution in [0.2, 0.25) is 0 Å². The lowest BCUT2D eigenvalue weighted by atomic mass is 10.1. The highest BCUT2D eigenvalue weighted by Crippen LogP contribution is 2.38. The van der Waals surface area contributed by atoms with Gasteiger partial charge in [-0.25, -0.2) is 9.97 Å². The van der Waals surface area contributed by atoms with Gasteiger partial charge in [-0.05, 0) is 37.0 Å². The number of methoxy groups -OCH3 is 1. The number of nitriles is 1. The fourth-order valence-electron chi connectivity index (χ4n) is 6.19. The molecule has 7 N–H and O–H groups in total. The predicted octanol–water partition coefficient (Wildman–Crippen LogP) is 0.937. The number of hydrogen-bond acceptors (Lipinski definition) is 14. The Morgan fingerprint density at radius 1 is 0.781 bits per heavy atom. The second-order valence-electron chi connectivity index (χ2n) is 14.1. The zero-order valence-electron chi connectivity index (χ0n) is 35.0. The van der Waals surface area contributed by atoms with Crippen LogP contribution >= 0.6 is 0 Å². The van der Waals surface area contributed by atoms with E-state index in [4.69, 9.17) is 14.7 Å². The topological polar surface area (TPSA) is 292 Å². The fraction of sp³-hybridized carbons (Fsp3) is 0.326. The van der Waals surface area contributed by atoms with Crippen LogP contribution in [0.25, 0.3) is 11.3 Å². The predicted molar refractivity (Wildman–Crippen MR) is 229 cm³/mol. The summed E-state index contributed by atoms with van der Waals surface area (Å²) in [6.07, 6.45) is 7.47. The van der Waals surface area contributed by atoms with Gasteiger partial charge < -0.3 is 41.4 Å². The number of unbranched alkanes of at least 4 members (excludes halogenated alkanes) is 2. The summed E-state index contributed by atoms with van der Waals surface area (Å²) in [7, 11) is 1.53. The molecular weight excluding hydrogens is 829 g/mol. The molecule has 0 bridgehead atoms. The summed E-state index contributed by atoms with van der Waals surface area (Å²) < 4.78 is 11.6. The number of rotatable bonds is 25. The van der Waals surface area contributed by atoms with Crippen LogP contribution in [0.1, 0.15) is 43.4 Å². The molecule has 2 aromatic heterocycles. The molecule has 3 heterocycles. The van der Waals surface area contributed by atoms with Crippen molar-refractivity contribution >= 4 is 53.0 Å². The Hall–Kier alpha value is -8.15. The molecule has 0 radical (unpaired) electrons. The molecule has 5 rings (SSSR count). The summed E-state index contributed by atoms with van der Waals surface area (Å²) in [6, 6.07) is 16.8. The summed E-state index contributed by atoms with van der Waals surface area (Å²) in [6.45, 7) is -0.486. The number of carbonyl (C=O) groups excluding carboxylic acids is 7. The Morgan fingerprint density at radius 2 is 1.50 bits per heavy atom. The summed E-state index contributed by atoms with van der Waals surface area (Å²) in [5, 5.41) is 32.0. The van der Waals surface area contributed by atoms with Crippen LogP contribution in [-0.4, -0.2) is 119 Å². The van der Waals surface area contributed by atoms with Gasteiger partial charge in [-0.15, -0.1) is 0 Å². The minimum absolute atomic E-state index is 0.108. The highest BCUT2D eigenvalue weighted by Gasteiger charge is 2.24. The molecule has 0 unspecified atom stereocenters. The van der Waals surface area contributed by atoms with Crippen molar-refractivity contribution in [1.29, 1.82) is 5.26 Å². The smallest absolute Gasteiger partial charge is 0.253 e. The highest BCUT2D eigenvalue weighted by atomic mass is 16.5. The van der Waals surface area contributed by atoms with Crippen molar-refractivity contribution in [1.82, 2.24) is 51.6 Å². The van der Waals surface area contributed by atoms with Crippen molar-refractivity contribution in [2.75, 3.05) is 51.8 Å². The molecule has 7 amide bonds. The molecule has 334 valence electrons. The molecule has 1 aliphatic heterocycles. The van der Waals surface area contributed by atoms with E-state index in [0.29, 0.717) is 60.1 Å². The van der Waals surface area contributed by atoms with Crippen LogP contribution < -0.4 is 41.4 Å². The second-order valence-corrected chi connectivity index (χ2v) is 14.1. The van der Waals surface area contributed by atoms with E-state index in [2.05, 4.69) is 52.1 Å². The molecule has 1 aliphatic rings. The third-order valence-electron chi connectivity index (χ3n) is 9.41. The normalized spacial score (nSPS) is 12.2. The molecule has 0 fully saturated rings. The van der Waals surface area contributed by atoms with E-state index < -0.39 is 36.2 Å². The fourth-order valence-corrected chi connectivity index (χ4v) is 6.19. The number of aromatic nitrogens is 4. The van der Waals surface area contributed by atoms with Gasteiger partial charge in [0, 0.05) is 44.1 Å². The molecule has 21 nitrogen and oxygen atoms in total. The second kappa shape index (κ2) is 24.3. The Labute approximate surface area is 367 Å². The Balaban J connectivity index is 1.01. The number of benzene rings is 2. The van der Waals surface area contributed by atoms with Gasteiger partial charge in [0.1, 0.15) is 29.4 Å². The number of hydrogen-bond donors (Lipinski definition) is 7. The third-order valence-corrected chi connectivity index (χ3v) is 9.41. The van der Waals surface area contributed by atoms with E-state index in [1.807, 2.05) is 6.07 Å². The first-order valence-electron chi connectivity index (χ1n) is 20.3. The monoisotopic (exact) mass is 876 g/mol. The number of ether oxygens (including phenoxy) is 2. The molecule has 4 aromatic rings. The van der Waals surface area contributed by atoms with Crippen LogP contribution in [0.5, 0.6) is 11.5 Å². The highest BCUT2D eigenvalue weighted by molar-refractivity contribution is 6.12. The summed E-state index contributed by atoms with van der Waals surface area (Å²) in [5.74, 6) is -1.59. The standard InChI is InChI=1S/C43H48N12O9/c1-63-32-12-8-13-33(42(32)30-21-34(54-53-30)52-35-24-46-29(22-44)23-47-35)64-19-9-17-45-37(57)26-50-43(62)31(20-28-10-4-2-5-11-28)51-39(59)27-49-38(58)25-48-36(56)14-6-3-7-18-55-40(60)15-16-41(55)61/h2,4-5,8,10-13,15-16,21,23-24,31H,3,6-7,9,14,17-20,25-27H2,1H3,(H,45,57)(H,48,56)(H,49,58)(H,50,62)(H,51,59)(H2,47,52,53,54)/t31-/m0/s1. The van der Waals surface area contributed by atoms with Gasteiger partial charge in [-0.1, -0.05) is 42.8 Å². The van der Waals surface area contributed by atoms with E-state index in [1.165, 1.54) is 31.7 Å². The average Bonchev–Trinajstić information content (AvgIpc) is 3.90. The van der Waals surface area contributed by atoms with Gasteiger partial charge in [0.25, 0.3) is 11.8 Å². The number of imide groups is 1. The van der Waals surface area contributed by atoms with Crippen molar-refractivity contribution in [2.24, 2.45) is 0 Å². The maximum Gasteiger partial charge on any atom is 0.253 e. The summed E-state index contributed by atoms with van der Waals surface area (Å²) in [4.78, 5) is 95.8. The van der Waals surface area contributed by atoms with E-state index in [-0.39, 0.29) is 69.0 Å². The van der Waals surface area contributed by atoms with Crippen LogP contribution in [0.3, 0.4) is 0 Å². The average molecular weight is 877 g/mol. The summed E-state index contributed by atoms with van der Waals surface area (Å²) in [5.41, 5.74) is 2.12. The van der Waals surface area contributed by atoms with Gasteiger partial charge in [-0.3, -0.25) is 43.6 Å². The number of anilines is 2. The molecule has 0 spiro atoms. The van der Waals surface area contributed by atoms with Gasteiger partial charge in [0.15, 0.2) is 11.5 Å². The third kappa shape index (κ3) is 14.8. The number of nitrogens with one attached hydrogen (secondary N) is 7. The number of H-pyrrole nitrogens is 1. The molecule has 2 aromatic carbocycles. The molecule has 64 heavy (non-hydrogen) atoms. The first kappa shape index (κ1) is 46.9. The number of nitrogens with zero attached hydrogens (tertiary/aromatic N) is 5. The van der Waals surface area contributed by atoms with Crippen molar-refractivity contribution in [3.8, 4) is 28.8 Å². The molecule has 21 heteroatoms. The largest absolute Gasteiger partial charge is 0.496 e. The van der Waals surface area contributed by atoms with Gasteiger partial charge in [-0.2, -0.15) is 10.4 Å². The van der Waals surface area contributed by atoms with Crippen LogP contribution in [0.15, 0.2) is 79.1 Å². The molecule has 1 atom stereocenters. The van der Waals surface area contributed by atoms with Crippen molar-refractivity contribution in [3.05, 3.63) is 90.4 Å². The maximum atomic E-state index is 13.2. The quantitative estimate of drug-likeness (QED) is 0.0361. The molecular formula is C43H48N12O9. The van der Waals surface area contributed by atoms with Gasteiger partial charge >= 0.3 is 0 Å². The van der Waals surface area contributed by atoms with E-state index in [1.54, 1.807) is 54.6 Å². The lowest BCUT2D eigenvalue weighted by Crippen LogP contribution is -2.52. The number of carbonyl (C=O) groups is 7. The lowest BCUT2D eigenvalue weighted by molar-refractivity contribution is -0.137. The zero-order valence-corrected chi connectivity index (χ0v) is 35.0. The van der Waals surface area contributed by atoms with Crippen molar-refractivity contribution < 1.29 is 43.0 Å². The molecule has 0 saturated heterocycles. The molecule has 0 saturated carbocycles. The summed E-state index contributed by atoms with van der Waals surface area (Å²) >= 11 is 0. The maximum absolute atomic E-state index is 13.2. The number of aromatic amines is 1. The van der Waals surface area contributed by atoms with Gasteiger partial charge in [0.2, 0.25) is 29.5 Å². The van der Waals surface area contributed by atoms with Crippen molar-refractivity contribution in [2.45, 2.75) is 44.6 Å². The number of amides is 7. The Bertz CT molecular complexity index is 2330.